The average Bonchev–Trinajstić information content (AvgIpc) is 2.84. The van der Waals surface area contributed by atoms with Crippen LogP contribution >= 0.6 is 11.6 Å². The van der Waals surface area contributed by atoms with Crippen molar-refractivity contribution in [1.82, 2.24) is 0 Å². The van der Waals surface area contributed by atoms with Gasteiger partial charge < -0.3 is 5.11 Å². The smallest absolute Gasteiger partial charge is 0.116 e. The predicted octanol–water partition coefficient (Wildman–Crippen LogP) is 2.88. The summed E-state index contributed by atoms with van der Waals surface area (Å²) < 4.78 is 12.7. The minimum absolute atomic E-state index is 0.453. The zero-order valence-electron chi connectivity index (χ0n) is 7.76. The molecule has 0 atom stereocenters. The monoisotopic (exact) mass is 214 g/mol. The van der Waals surface area contributed by atoms with Crippen molar-refractivity contribution < 1.29 is 9.50 Å². The van der Waals surface area contributed by atoms with Crippen LogP contribution in [-0.2, 0) is 13.1 Å². The number of rotatable bonds is 3. The third kappa shape index (κ3) is 1.91. The molecule has 0 spiro atoms. The van der Waals surface area contributed by atoms with Gasteiger partial charge in [0.1, 0.15) is 6.67 Å². The van der Waals surface area contributed by atoms with Gasteiger partial charge in [-0.05, 0) is 24.5 Å². The molecule has 0 aliphatic heterocycles. The molecule has 0 bridgehead atoms. The Kier molecular flexibility index (Phi) is 2.50. The van der Waals surface area contributed by atoms with Crippen molar-refractivity contribution in [2.45, 2.75) is 31.5 Å². The SMILES string of the molecule is OC1(Cc2cccc(Cl)c2CF)CC1. The molecule has 1 nitrogen and oxygen atoms in total. The molecule has 2 rings (SSSR count). The average molecular weight is 215 g/mol. The van der Waals surface area contributed by atoms with Crippen molar-refractivity contribution >= 4 is 11.6 Å². The largest absolute Gasteiger partial charge is 0.390 e. The zero-order chi connectivity index (χ0) is 10.2. The molecule has 0 aromatic heterocycles. The number of hydrogen-bond acceptors (Lipinski definition) is 1. The summed E-state index contributed by atoms with van der Waals surface area (Å²) in [4.78, 5) is 0. The van der Waals surface area contributed by atoms with Crippen LogP contribution in [0.15, 0.2) is 18.2 Å². The highest BCUT2D eigenvalue weighted by atomic mass is 35.5. The van der Waals surface area contributed by atoms with Crippen LogP contribution in [0.3, 0.4) is 0 Å². The molecule has 1 aromatic carbocycles. The summed E-state index contributed by atoms with van der Waals surface area (Å²) >= 11 is 5.86. The normalized spacial score (nSPS) is 18.2. The summed E-state index contributed by atoms with van der Waals surface area (Å²) in [7, 11) is 0. The van der Waals surface area contributed by atoms with Gasteiger partial charge in [-0.1, -0.05) is 23.7 Å². The van der Waals surface area contributed by atoms with Gasteiger partial charge in [0.25, 0.3) is 0 Å². The summed E-state index contributed by atoms with van der Waals surface area (Å²) in [5.74, 6) is 0. The fourth-order valence-electron chi connectivity index (χ4n) is 1.59. The topological polar surface area (TPSA) is 20.2 Å². The molecule has 1 saturated carbocycles. The number of aliphatic hydroxyl groups is 1. The molecule has 0 radical (unpaired) electrons. The molecule has 1 aromatic rings. The number of hydrogen-bond donors (Lipinski definition) is 1. The Morgan fingerprint density at radius 2 is 2.14 bits per heavy atom. The van der Waals surface area contributed by atoms with E-state index in [-0.39, 0.29) is 0 Å². The first-order chi connectivity index (χ1) is 6.64. The summed E-state index contributed by atoms with van der Waals surface area (Å²) in [5, 5.41) is 10.2. The lowest BCUT2D eigenvalue weighted by molar-refractivity contribution is 0.150. The lowest BCUT2D eigenvalue weighted by Gasteiger charge is -2.11. The molecular formula is C11H12ClFO. The molecule has 1 aliphatic rings. The van der Waals surface area contributed by atoms with E-state index in [2.05, 4.69) is 0 Å². The van der Waals surface area contributed by atoms with E-state index < -0.39 is 12.3 Å². The van der Waals surface area contributed by atoms with E-state index in [4.69, 9.17) is 11.6 Å². The maximum atomic E-state index is 12.7. The van der Waals surface area contributed by atoms with Crippen molar-refractivity contribution in [2.24, 2.45) is 0 Å². The van der Waals surface area contributed by atoms with Gasteiger partial charge in [-0.3, -0.25) is 0 Å². The van der Waals surface area contributed by atoms with E-state index in [1.807, 2.05) is 6.07 Å². The van der Waals surface area contributed by atoms with Crippen LogP contribution in [0.4, 0.5) is 4.39 Å². The first kappa shape index (κ1) is 9.94. The van der Waals surface area contributed by atoms with Crippen molar-refractivity contribution in [3.8, 4) is 0 Å². The molecule has 0 saturated heterocycles. The van der Waals surface area contributed by atoms with Crippen molar-refractivity contribution in [3.63, 3.8) is 0 Å². The summed E-state index contributed by atoms with van der Waals surface area (Å²) in [5.41, 5.74) is 0.767. The summed E-state index contributed by atoms with van der Waals surface area (Å²) in [6.07, 6.45) is 2.14. The fraction of sp³-hybridized carbons (Fsp3) is 0.455. The second-order valence-electron chi connectivity index (χ2n) is 3.91. The molecule has 14 heavy (non-hydrogen) atoms. The Hall–Kier alpha value is -0.600. The zero-order valence-corrected chi connectivity index (χ0v) is 8.52. The van der Waals surface area contributed by atoms with Crippen LogP contribution in [0, 0.1) is 0 Å². The van der Waals surface area contributed by atoms with E-state index >= 15 is 0 Å². The minimum atomic E-state index is -0.589. The highest BCUT2D eigenvalue weighted by molar-refractivity contribution is 6.31. The summed E-state index contributed by atoms with van der Waals surface area (Å²) in [6.45, 7) is -0.564. The maximum absolute atomic E-state index is 12.7. The van der Waals surface area contributed by atoms with Gasteiger partial charge in [0.05, 0.1) is 5.60 Å². The molecule has 0 heterocycles. The van der Waals surface area contributed by atoms with E-state index in [9.17, 15) is 9.50 Å². The maximum Gasteiger partial charge on any atom is 0.116 e. The van der Waals surface area contributed by atoms with E-state index in [1.165, 1.54) is 0 Å². The number of halogens is 2. The third-order valence-corrected chi connectivity index (χ3v) is 3.05. The quantitative estimate of drug-likeness (QED) is 0.821. The molecule has 3 heteroatoms. The molecule has 1 aliphatic carbocycles. The fourth-order valence-corrected chi connectivity index (χ4v) is 1.84. The van der Waals surface area contributed by atoms with Gasteiger partial charge in [-0.2, -0.15) is 0 Å². The van der Waals surface area contributed by atoms with Crippen LogP contribution in [0.1, 0.15) is 24.0 Å². The van der Waals surface area contributed by atoms with Gasteiger partial charge in [0.15, 0.2) is 0 Å². The first-order valence-corrected chi connectivity index (χ1v) is 5.07. The van der Waals surface area contributed by atoms with Crippen LogP contribution in [0.2, 0.25) is 5.02 Å². The summed E-state index contributed by atoms with van der Waals surface area (Å²) in [6, 6.07) is 5.30. The third-order valence-electron chi connectivity index (χ3n) is 2.70. The predicted molar refractivity (Wildman–Crippen MR) is 54.2 cm³/mol. The van der Waals surface area contributed by atoms with Crippen molar-refractivity contribution in [2.75, 3.05) is 0 Å². The standard InChI is InChI=1S/C11H12ClFO/c12-10-3-1-2-8(9(10)7-13)6-11(14)4-5-11/h1-3,14H,4-7H2. The van der Waals surface area contributed by atoms with Crippen LogP contribution in [0.25, 0.3) is 0 Å². The second-order valence-corrected chi connectivity index (χ2v) is 4.32. The minimum Gasteiger partial charge on any atom is -0.390 e. The Balaban J connectivity index is 2.27. The van der Waals surface area contributed by atoms with E-state index in [1.54, 1.807) is 12.1 Å². The number of benzene rings is 1. The van der Waals surface area contributed by atoms with E-state index in [0.717, 1.165) is 18.4 Å². The van der Waals surface area contributed by atoms with Crippen LogP contribution < -0.4 is 0 Å². The van der Waals surface area contributed by atoms with Crippen molar-refractivity contribution in [3.05, 3.63) is 34.3 Å². The molecule has 1 N–H and O–H groups in total. The van der Waals surface area contributed by atoms with Crippen LogP contribution in [-0.4, -0.2) is 10.7 Å². The number of alkyl halides is 1. The highest BCUT2D eigenvalue weighted by Crippen LogP contribution is 2.39. The van der Waals surface area contributed by atoms with Crippen LogP contribution in [0.5, 0.6) is 0 Å². The van der Waals surface area contributed by atoms with Crippen molar-refractivity contribution in [1.29, 1.82) is 0 Å². The Bertz CT molecular complexity index is 347. The Morgan fingerprint density at radius 1 is 1.43 bits per heavy atom. The molecule has 76 valence electrons. The molecule has 1 fully saturated rings. The highest BCUT2D eigenvalue weighted by Gasteiger charge is 2.40. The van der Waals surface area contributed by atoms with Gasteiger partial charge >= 0.3 is 0 Å². The van der Waals surface area contributed by atoms with Gasteiger partial charge in [0, 0.05) is 17.0 Å². The molecule has 0 unspecified atom stereocenters. The van der Waals surface area contributed by atoms with Gasteiger partial charge in [0.2, 0.25) is 0 Å². The first-order valence-electron chi connectivity index (χ1n) is 4.69. The van der Waals surface area contributed by atoms with E-state index in [0.29, 0.717) is 17.0 Å². The van der Waals surface area contributed by atoms with Gasteiger partial charge in [-0.25, -0.2) is 4.39 Å². The lowest BCUT2D eigenvalue weighted by Crippen LogP contribution is -2.12. The molecule has 0 amide bonds. The Morgan fingerprint density at radius 3 is 2.71 bits per heavy atom. The second kappa shape index (κ2) is 3.52. The Labute approximate surface area is 87.5 Å². The lowest BCUT2D eigenvalue weighted by atomic mass is 10.0. The van der Waals surface area contributed by atoms with Gasteiger partial charge in [-0.15, -0.1) is 0 Å². The molecular weight excluding hydrogens is 203 g/mol.